The zero-order valence-corrected chi connectivity index (χ0v) is 16.1. The Kier molecular flexibility index (Phi) is 5.43. The van der Waals surface area contributed by atoms with Crippen molar-refractivity contribution in [2.75, 3.05) is 13.6 Å². The number of hydrogen-bond acceptors (Lipinski definition) is 4. The minimum Gasteiger partial charge on any atom is -0.361 e. The zero-order chi connectivity index (χ0) is 19.4. The maximum Gasteiger partial charge on any atom is 0.232 e. The fraction of sp³-hybridized carbons (Fsp3) is 0.421. The number of aliphatic imine (C=N–C) groups is 1. The molecule has 0 saturated heterocycles. The Bertz CT molecular complexity index is 937. The van der Waals surface area contributed by atoms with Crippen LogP contribution in [0.5, 0.6) is 0 Å². The van der Waals surface area contributed by atoms with Crippen LogP contribution in [-0.4, -0.2) is 34.7 Å². The van der Waals surface area contributed by atoms with Gasteiger partial charge in [-0.2, -0.15) is 4.98 Å². The van der Waals surface area contributed by atoms with Crippen molar-refractivity contribution in [3.8, 4) is 0 Å². The van der Waals surface area contributed by atoms with Gasteiger partial charge in [-0.25, -0.2) is 4.39 Å². The standard InChI is InChI=1S/C19H25FN6O/c1-19(2,3)17-25-16(26-27-17)11-24-18(21-4)22-8-7-12-10-23-15-6-5-13(20)9-14(12)15/h5-6,9-10,23H,7-8,11H2,1-4H3,(H2,21,22,24). The Morgan fingerprint density at radius 1 is 1.30 bits per heavy atom. The molecular formula is C19H25FN6O. The normalized spacial score (nSPS) is 12.6. The highest BCUT2D eigenvalue weighted by atomic mass is 19.1. The Balaban J connectivity index is 1.52. The molecule has 0 unspecified atom stereocenters. The number of nitrogens with zero attached hydrogens (tertiary/aromatic N) is 3. The highest BCUT2D eigenvalue weighted by Crippen LogP contribution is 2.20. The van der Waals surface area contributed by atoms with Crippen molar-refractivity contribution >= 4 is 16.9 Å². The second kappa shape index (κ2) is 7.77. The summed E-state index contributed by atoms with van der Waals surface area (Å²) >= 11 is 0. The van der Waals surface area contributed by atoms with Crippen molar-refractivity contribution in [3.63, 3.8) is 0 Å². The van der Waals surface area contributed by atoms with Crippen LogP contribution in [0.25, 0.3) is 10.9 Å². The van der Waals surface area contributed by atoms with Crippen LogP contribution in [0.2, 0.25) is 0 Å². The lowest BCUT2D eigenvalue weighted by Gasteiger charge is -2.11. The maximum absolute atomic E-state index is 13.5. The van der Waals surface area contributed by atoms with E-state index in [1.54, 1.807) is 19.2 Å². The van der Waals surface area contributed by atoms with Gasteiger partial charge in [-0.1, -0.05) is 25.9 Å². The number of rotatable bonds is 5. The molecule has 0 spiro atoms. The molecule has 7 nitrogen and oxygen atoms in total. The average Bonchev–Trinajstić information content (AvgIpc) is 3.25. The average molecular weight is 372 g/mol. The molecule has 0 atom stereocenters. The number of halogens is 1. The van der Waals surface area contributed by atoms with E-state index in [2.05, 4.69) is 30.8 Å². The van der Waals surface area contributed by atoms with Crippen molar-refractivity contribution in [1.82, 2.24) is 25.8 Å². The van der Waals surface area contributed by atoms with Crippen LogP contribution >= 0.6 is 0 Å². The van der Waals surface area contributed by atoms with E-state index in [0.29, 0.717) is 30.8 Å². The number of hydrogen-bond donors (Lipinski definition) is 3. The van der Waals surface area contributed by atoms with Gasteiger partial charge in [0.2, 0.25) is 5.89 Å². The molecule has 0 saturated carbocycles. The number of aromatic amines is 1. The topological polar surface area (TPSA) is 91.1 Å². The number of fused-ring (bicyclic) bond motifs is 1. The molecule has 0 fully saturated rings. The first-order valence-corrected chi connectivity index (χ1v) is 8.90. The summed E-state index contributed by atoms with van der Waals surface area (Å²) in [6.45, 7) is 7.14. The third-order valence-corrected chi connectivity index (χ3v) is 4.16. The lowest BCUT2D eigenvalue weighted by molar-refractivity contribution is 0.318. The van der Waals surface area contributed by atoms with Crippen LogP contribution in [0.1, 0.15) is 38.0 Å². The number of nitrogens with one attached hydrogen (secondary N) is 3. The van der Waals surface area contributed by atoms with Crippen molar-refractivity contribution in [2.45, 2.75) is 39.2 Å². The van der Waals surface area contributed by atoms with Gasteiger partial charge in [0.15, 0.2) is 11.8 Å². The smallest absolute Gasteiger partial charge is 0.232 e. The molecule has 3 rings (SSSR count). The van der Waals surface area contributed by atoms with Gasteiger partial charge in [0, 0.05) is 36.1 Å². The van der Waals surface area contributed by atoms with Crippen LogP contribution in [0.15, 0.2) is 33.9 Å². The molecule has 2 aromatic heterocycles. The highest BCUT2D eigenvalue weighted by molar-refractivity contribution is 5.83. The largest absolute Gasteiger partial charge is 0.361 e. The van der Waals surface area contributed by atoms with Gasteiger partial charge in [-0.05, 0) is 30.2 Å². The van der Waals surface area contributed by atoms with Gasteiger partial charge in [0.25, 0.3) is 0 Å². The summed E-state index contributed by atoms with van der Waals surface area (Å²) in [4.78, 5) is 11.7. The molecule has 8 heteroatoms. The SMILES string of the molecule is CN=C(NCCc1c[nH]c2ccc(F)cc12)NCc1noc(C(C)(C)C)n1. The fourth-order valence-corrected chi connectivity index (χ4v) is 2.69. The number of benzene rings is 1. The van der Waals surface area contributed by atoms with E-state index < -0.39 is 0 Å². The summed E-state index contributed by atoms with van der Waals surface area (Å²) in [5, 5.41) is 11.3. The van der Waals surface area contributed by atoms with Crippen LogP contribution in [0.4, 0.5) is 4.39 Å². The molecule has 2 heterocycles. The van der Waals surface area contributed by atoms with Crippen LogP contribution in [-0.2, 0) is 18.4 Å². The molecule has 144 valence electrons. The van der Waals surface area contributed by atoms with Gasteiger partial charge in [0.05, 0.1) is 6.54 Å². The van der Waals surface area contributed by atoms with Crippen molar-refractivity contribution < 1.29 is 8.91 Å². The van der Waals surface area contributed by atoms with E-state index in [1.165, 1.54) is 6.07 Å². The summed E-state index contributed by atoms with van der Waals surface area (Å²) in [6, 6.07) is 4.76. The second-order valence-corrected chi connectivity index (χ2v) is 7.37. The summed E-state index contributed by atoms with van der Waals surface area (Å²) < 4.78 is 18.7. The summed E-state index contributed by atoms with van der Waals surface area (Å²) in [6.07, 6.45) is 2.65. The monoisotopic (exact) mass is 372 g/mol. The summed E-state index contributed by atoms with van der Waals surface area (Å²) in [5.41, 5.74) is 1.81. The third kappa shape index (κ3) is 4.64. The molecule has 3 N–H and O–H groups in total. The van der Waals surface area contributed by atoms with Crippen molar-refractivity contribution in [3.05, 3.63) is 47.5 Å². The molecule has 0 aliphatic heterocycles. The lowest BCUT2D eigenvalue weighted by atomic mass is 9.97. The highest BCUT2D eigenvalue weighted by Gasteiger charge is 2.21. The predicted molar refractivity (Wildman–Crippen MR) is 103 cm³/mol. The van der Waals surface area contributed by atoms with E-state index in [1.807, 2.05) is 27.0 Å². The molecule has 1 aromatic carbocycles. The van der Waals surface area contributed by atoms with Gasteiger partial charge < -0.3 is 20.1 Å². The molecule has 0 aliphatic carbocycles. The van der Waals surface area contributed by atoms with Crippen molar-refractivity contribution in [2.24, 2.45) is 4.99 Å². The Labute approximate surface area is 157 Å². The molecule has 0 bridgehead atoms. The van der Waals surface area contributed by atoms with Gasteiger partial charge >= 0.3 is 0 Å². The molecular weight excluding hydrogens is 347 g/mol. The quantitative estimate of drug-likeness (QED) is 0.473. The second-order valence-electron chi connectivity index (χ2n) is 7.37. The van der Waals surface area contributed by atoms with E-state index in [0.717, 1.165) is 22.9 Å². The maximum atomic E-state index is 13.5. The number of aromatic nitrogens is 3. The third-order valence-electron chi connectivity index (χ3n) is 4.16. The van der Waals surface area contributed by atoms with Crippen LogP contribution in [0.3, 0.4) is 0 Å². The van der Waals surface area contributed by atoms with Crippen LogP contribution < -0.4 is 10.6 Å². The molecule has 3 aromatic rings. The van der Waals surface area contributed by atoms with Gasteiger partial charge in [-0.3, -0.25) is 4.99 Å². The number of guanidine groups is 1. The zero-order valence-electron chi connectivity index (χ0n) is 16.1. The molecule has 0 radical (unpaired) electrons. The van der Waals surface area contributed by atoms with Gasteiger partial charge in [-0.15, -0.1) is 0 Å². The first kappa shape index (κ1) is 18.9. The predicted octanol–water partition coefficient (Wildman–Crippen LogP) is 2.90. The Morgan fingerprint density at radius 2 is 2.11 bits per heavy atom. The van der Waals surface area contributed by atoms with E-state index in [9.17, 15) is 4.39 Å². The molecule has 0 aliphatic rings. The molecule has 0 amide bonds. The lowest BCUT2D eigenvalue weighted by Crippen LogP contribution is -2.38. The Morgan fingerprint density at radius 3 is 2.81 bits per heavy atom. The number of H-pyrrole nitrogens is 1. The van der Waals surface area contributed by atoms with Crippen molar-refractivity contribution in [1.29, 1.82) is 0 Å². The van der Waals surface area contributed by atoms with E-state index in [-0.39, 0.29) is 11.2 Å². The first-order chi connectivity index (χ1) is 12.9. The minimum atomic E-state index is -0.233. The first-order valence-electron chi connectivity index (χ1n) is 8.90. The van der Waals surface area contributed by atoms with E-state index >= 15 is 0 Å². The summed E-state index contributed by atoms with van der Waals surface area (Å²) in [5.74, 6) is 1.59. The van der Waals surface area contributed by atoms with Crippen LogP contribution in [0, 0.1) is 5.82 Å². The molecule has 27 heavy (non-hydrogen) atoms. The fourth-order valence-electron chi connectivity index (χ4n) is 2.69. The van der Waals surface area contributed by atoms with E-state index in [4.69, 9.17) is 4.52 Å². The summed E-state index contributed by atoms with van der Waals surface area (Å²) in [7, 11) is 1.70. The Hall–Kier alpha value is -2.90. The minimum absolute atomic E-state index is 0.177. The van der Waals surface area contributed by atoms with Gasteiger partial charge in [0.1, 0.15) is 5.82 Å².